The molecule has 15 aromatic rings. The number of aromatic nitrogens is 4. The van der Waals surface area contributed by atoms with E-state index in [0.717, 1.165) is 122 Å². The summed E-state index contributed by atoms with van der Waals surface area (Å²) in [7, 11) is 0. The molecular weight excluding hydrogens is 1280 g/mol. The van der Waals surface area contributed by atoms with Crippen LogP contribution in [0.25, 0.3) is 133 Å². The molecule has 0 fully saturated rings. The van der Waals surface area contributed by atoms with Gasteiger partial charge in [-0.1, -0.05) is 238 Å². The minimum absolute atomic E-state index is 0. The van der Waals surface area contributed by atoms with Gasteiger partial charge >= 0.3 is 0 Å². The van der Waals surface area contributed by atoms with Crippen molar-refractivity contribution < 1.29 is 30.4 Å². The molecule has 0 N–H and O–H groups in total. The molecule has 432 valence electrons. The van der Waals surface area contributed by atoms with Gasteiger partial charge in [-0.05, 0) is 155 Å². The van der Waals surface area contributed by atoms with E-state index in [1.165, 1.54) is 5.56 Å². The van der Waals surface area contributed by atoms with Gasteiger partial charge in [-0.2, -0.15) is 12.1 Å². The van der Waals surface area contributed by atoms with Gasteiger partial charge in [-0.15, -0.1) is 29.7 Å². The number of ether oxygens (including phenoxy) is 1. The Morgan fingerprint density at radius 2 is 0.944 bits per heavy atom. The standard InChI is InChI=1S/C83H57N5O.Pt/c1-83(2,3)68-41-42-85-81(50-68)88-77-40-37-61(56-23-10-5-11-24-56)49-76(77)75-39-38-71(54-80(75)88)89-72-52-69(84-4)51-70(53-72)86-55-87(79-36-21-20-35-78(79)86)82-73(66-45-62(57-25-12-6-13-26-57)43-63(46-66)58-27-14-7-15-28-58)33-22-34-74(82)67-47-64(59-29-16-8-17-30-59)44-65(48-67)60-31-18-9-19-32-60;/h5-52H,1-3H3;/q-2;. The van der Waals surface area contributed by atoms with Gasteiger partial charge < -0.3 is 13.9 Å². The SMILES string of the molecule is [C-]#[N+]c1cc(Oc2[c-]c3c(cc2)c2cc(-c4ccccc4)ccc2n3-c2cc(C(C)(C)C)ccn2)[c-]c(-n2[c-][n+](-c3c(-c4cc(-c5ccccc5)cc(-c5ccccc5)c4)cccc3-c3cc(-c4ccccc4)cc(-c4ccccc4)c3)c3ccccc32)c1.[Pt]. The number of hydrogen-bond acceptors (Lipinski definition) is 2. The third-order valence-corrected chi connectivity index (χ3v) is 16.7. The molecule has 15 rings (SSSR count). The largest absolute Gasteiger partial charge is 0.511 e. The van der Waals surface area contributed by atoms with Crippen molar-refractivity contribution in [1.82, 2.24) is 14.1 Å². The van der Waals surface area contributed by atoms with Gasteiger partial charge in [0.05, 0.1) is 29.0 Å². The first kappa shape index (κ1) is 56.8. The molecule has 0 aliphatic rings. The van der Waals surface area contributed by atoms with Gasteiger partial charge in [-0.3, -0.25) is 9.41 Å². The molecule has 0 saturated carbocycles. The first-order valence-corrected chi connectivity index (χ1v) is 29.9. The van der Waals surface area contributed by atoms with E-state index in [9.17, 15) is 0 Å². The Labute approximate surface area is 539 Å². The van der Waals surface area contributed by atoms with Crippen LogP contribution in [0.2, 0.25) is 0 Å². The van der Waals surface area contributed by atoms with Crippen molar-refractivity contribution in [2.24, 2.45) is 0 Å². The number of para-hydroxylation sites is 3. The van der Waals surface area contributed by atoms with E-state index < -0.39 is 0 Å². The predicted molar refractivity (Wildman–Crippen MR) is 363 cm³/mol. The molecular formula is C83H57N5OPt-2. The second kappa shape index (κ2) is 24.0. The fourth-order valence-corrected chi connectivity index (χ4v) is 12.3. The van der Waals surface area contributed by atoms with Gasteiger partial charge in [0, 0.05) is 38.5 Å². The van der Waals surface area contributed by atoms with Crippen LogP contribution in [-0.4, -0.2) is 14.1 Å². The van der Waals surface area contributed by atoms with Crippen LogP contribution in [-0.2, 0) is 26.5 Å². The topological polar surface area (TPSA) is 40.2 Å². The van der Waals surface area contributed by atoms with E-state index in [0.29, 0.717) is 22.9 Å². The fraction of sp³-hybridized carbons (Fsp3) is 0.0482. The summed E-state index contributed by atoms with van der Waals surface area (Å²) in [5.74, 6) is 1.62. The van der Waals surface area contributed by atoms with E-state index in [2.05, 4.69) is 308 Å². The van der Waals surface area contributed by atoms with Crippen molar-refractivity contribution >= 4 is 38.5 Å². The molecule has 0 aliphatic heterocycles. The second-order valence-corrected chi connectivity index (χ2v) is 23.5. The summed E-state index contributed by atoms with van der Waals surface area (Å²) >= 11 is 0. The maximum Gasteiger partial charge on any atom is 0.268 e. The van der Waals surface area contributed by atoms with Crippen LogP contribution in [0.5, 0.6) is 11.5 Å². The zero-order valence-electron chi connectivity index (χ0n) is 49.7. The van der Waals surface area contributed by atoms with Crippen molar-refractivity contribution in [2.75, 3.05) is 0 Å². The van der Waals surface area contributed by atoms with Gasteiger partial charge in [0.2, 0.25) is 0 Å². The summed E-state index contributed by atoms with van der Waals surface area (Å²) in [6.07, 6.45) is 5.78. The molecule has 12 aromatic carbocycles. The number of hydrogen-bond donors (Lipinski definition) is 0. The minimum Gasteiger partial charge on any atom is -0.511 e. The van der Waals surface area contributed by atoms with Crippen molar-refractivity contribution in [3.63, 3.8) is 0 Å². The molecule has 90 heavy (non-hydrogen) atoms. The molecule has 7 heteroatoms. The Morgan fingerprint density at radius 1 is 0.433 bits per heavy atom. The third-order valence-electron chi connectivity index (χ3n) is 16.7. The van der Waals surface area contributed by atoms with Gasteiger partial charge in [0.15, 0.2) is 0 Å². The number of imidazole rings is 1. The maximum absolute atomic E-state index is 8.49. The number of fused-ring (bicyclic) bond motifs is 4. The summed E-state index contributed by atoms with van der Waals surface area (Å²) in [6.45, 7) is 15.1. The second-order valence-electron chi connectivity index (χ2n) is 23.5. The van der Waals surface area contributed by atoms with Crippen molar-refractivity contribution in [1.29, 1.82) is 0 Å². The van der Waals surface area contributed by atoms with Crippen LogP contribution in [0.3, 0.4) is 0 Å². The van der Waals surface area contributed by atoms with Crippen LogP contribution in [0.15, 0.2) is 291 Å². The van der Waals surface area contributed by atoms with E-state index in [1.54, 1.807) is 6.07 Å². The Bertz CT molecular complexity index is 4940. The summed E-state index contributed by atoms with van der Waals surface area (Å²) in [6, 6.07) is 108. The smallest absolute Gasteiger partial charge is 0.268 e. The van der Waals surface area contributed by atoms with E-state index >= 15 is 0 Å². The first-order valence-electron chi connectivity index (χ1n) is 29.9. The Kier molecular flexibility index (Phi) is 15.1. The van der Waals surface area contributed by atoms with Crippen LogP contribution < -0.4 is 9.30 Å². The molecule has 0 aliphatic carbocycles. The summed E-state index contributed by atoms with van der Waals surface area (Å²) in [4.78, 5) is 9.00. The van der Waals surface area contributed by atoms with Gasteiger partial charge in [0.25, 0.3) is 6.33 Å². The fourth-order valence-electron chi connectivity index (χ4n) is 12.3. The van der Waals surface area contributed by atoms with Crippen LogP contribution in [0.4, 0.5) is 5.69 Å². The summed E-state index contributed by atoms with van der Waals surface area (Å²) in [5, 5.41) is 2.08. The molecule has 0 spiro atoms. The third kappa shape index (κ3) is 10.9. The Morgan fingerprint density at radius 3 is 1.48 bits per heavy atom. The Hall–Kier alpha value is -11.0. The normalized spacial score (nSPS) is 11.4. The van der Waals surface area contributed by atoms with E-state index in [4.69, 9.17) is 16.3 Å². The first-order chi connectivity index (χ1) is 43.7. The van der Waals surface area contributed by atoms with Gasteiger partial charge in [-0.25, -0.2) is 4.98 Å². The average molecular weight is 1340 g/mol. The van der Waals surface area contributed by atoms with Gasteiger partial charge in [0.1, 0.15) is 5.82 Å². The number of rotatable bonds is 12. The summed E-state index contributed by atoms with van der Waals surface area (Å²) in [5.41, 5.74) is 21.8. The van der Waals surface area contributed by atoms with Crippen LogP contribution in [0.1, 0.15) is 26.3 Å². The monoisotopic (exact) mass is 1330 g/mol. The molecule has 0 amide bonds. The number of benzene rings is 12. The molecule has 3 aromatic heterocycles. The zero-order chi connectivity index (χ0) is 60.0. The maximum atomic E-state index is 8.49. The van der Waals surface area contributed by atoms with E-state index in [-0.39, 0.29) is 26.5 Å². The van der Waals surface area contributed by atoms with E-state index in [1.807, 2.05) is 35.0 Å². The van der Waals surface area contributed by atoms with Crippen LogP contribution in [0, 0.1) is 25.0 Å². The molecule has 0 atom stereocenters. The number of pyridine rings is 1. The molecule has 0 unspecified atom stereocenters. The molecule has 0 bridgehead atoms. The zero-order valence-corrected chi connectivity index (χ0v) is 51.9. The minimum atomic E-state index is -0.105. The Balaban J connectivity index is 0.00000707. The average Bonchev–Trinajstić information content (AvgIpc) is 1.57. The quantitative estimate of drug-likeness (QED) is 0.0903. The van der Waals surface area contributed by atoms with Crippen molar-refractivity contribution in [3.05, 3.63) is 327 Å². The molecule has 3 heterocycles. The summed E-state index contributed by atoms with van der Waals surface area (Å²) < 4.78 is 13.3. The van der Waals surface area contributed by atoms with Crippen molar-refractivity contribution in [3.8, 4) is 107 Å². The molecule has 6 nitrogen and oxygen atoms in total. The van der Waals surface area contributed by atoms with Crippen molar-refractivity contribution in [2.45, 2.75) is 26.2 Å². The van der Waals surface area contributed by atoms with Crippen LogP contribution >= 0.6 is 0 Å². The molecule has 0 saturated heterocycles. The molecule has 0 radical (unpaired) electrons. The predicted octanol–water partition coefficient (Wildman–Crippen LogP) is 21.1. The number of nitrogens with zero attached hydrogens (tertiary/aromatic N) is 5.